The van der Waals surface area contributed by atoms with E-state index in [0.29, 0.717) is 0 Å². The number of hydrogen-bond donors (Lipinski definition) is 0. The normalized spacial score (nSPS) is 18.5. The van der Waals surface area contributed by atoms with Gasteiger partial charge in [-0.15, -0.1) is 11.6 Å². The van der Waals surface area contributed by atoms with Crippen molar-refractivity contribution in [2.24, 2.45) is 0 Å². The van der Waals surface area contributed by atoms with Gasteiger partial charge in [-0.05, 0) is 32.0 Å². The summed E-state index contributed by atoms with van der Waals surface area (Å²) >= 11 is 5.98. The molecule has 0 saturated heterocycles. The molecular weight excluding hydrogens is 200 g/mol. The highest BCUT2D eigenvalue weighted by Gasteiger charge is 2.38. The van der Waals surface area contributed by atoms with Crippen molar-refractivity contribution < 1.29 is 4.43 Å². The van der Waals surface area contributed by atoms with Crippen LogP contribution in [0.4, 0.5) is 0 Å². The van der Waals surface area contributed by atoms with Crippen LogP contribution in [0.15, 0.2) is 0 Å². The van der Waals surface area contributed by atoms with Crippen LogP contribution in [0.5, 0.6) is 0 Å². The maximum atomic E-state index is 6.07. The van der Waals surface area contributed by atoms with Gasteiger partial charge in [-0.3, -0.25) is 0 Å². The summed E-state index contributed by atoms with van der Waals surface area (Å²) in [6, 6.07) is 0. The predicted octanol–water partition coefficient (Wildman–Crippen LogP) is 4.02. The lowest BCUT2D eigenvalue weighted by Gasteiger charge is -2.39. The van der Waals surface area contributed by atoms with E-state index in [1.807, 2.05) is 6.92 Å². The average molecular weight is 223 g/mol. The van der Waals surface area contributed by atoms with E-state index in [-0.39, 0.29) is 16.5 Å². The fourth-order valence-corrected chi connectivity index (χ4v) is 2.36. The van der Waals surface area contributed by atoms with Gasteiger partial charge >= 0.3 is 0 Å². The molecule has 0 amide bonds. The molecular formula is C10H23ClOSi. The molecule has 0 N–H and O–H groups in total. The summed E-state index contributed by atoms with van der Waals surface area (Å²) in [4.78, 5) is 0. The molecule has 3 heteroatoms. The maximum absolute atomic E-state index is 6.07. The lowest BCUT2D eigenvalue weighted by Crippen LogP contribution is -2.44. The standard InChI is InChI=1S/C10H23ClOSi/c1-8(11)9(2)12-13(6,7)10(3,4)5/h8-9H,1-7H3. The van der Waals surface area contributed by atoms with Gasteiger partial charge in [0.15, 0.2) is 8.32 Å². The smallest absolute Gasteiger partial charge is 0.192 e. The van der Waals surface area contributed by atoms with Gasteiger partial charge in [-0.25, -0.2) is 0 Å². The summed E-state index contributed by atoms with van der Waals surface area (Å²) in [6.45, 7) is 15.3. The third kappa shape index (κ3) is 4.01. The molecule has 0 aliphatic rings. The molecule has 1 nitrogen and oxygen atoms in total. The quantitative estimate of drug-likeness (QED) is 0.518. The van der Waals surface area contributed by atoms with Gasteiger partial charge in [0.25, 0.3) is 0 Å². The van der Waals surface area contributed by atoms with Gasteiger partial charge in [-0.2, -0.15) is 0 Å². The second-order valence-corrected chi connectivity index (χ2v) is 10.7. The second-order valence-electron chi connectivity index (χ2n) is 5.26. The summed E-state index contributed by atoms with van der Waals surface area (Å²) in [5.74, 6) is 0. The molecule has 0 aromatic heterocycles. The number of alkyl halides is 1. The largest absolute Gasteiger partial charge is 0.413 e. The first-order valence-electron chi connectivity index (χ1n) is 4.90. The molecule has 0 radical (unpaired) electrons. The molecule has 0 bridgehead atoms. The van der Waals surface area contributed by atoms with Crippen molar-refractivity contribution in [2.45, 2.75) is 64.2 Å². The Morgan fingerprint density at radius 3 is 1.77 bits per heavy atom. The average Bonchev–Trinajstić information content (AvgIpc) is 1.83. The minimum Gasteiger partial charge on any atom is -0.413 e. The highest BCUT2D eigenvalue weighted by Crippen LogP contribution is 2.37. The van der Waals surface area contributed by atoms with E-state index in [1.165, 1.54) is 0 Å². The highest BCUT2D eigenvalue weighted by molar-refractivity contribution is 6.74. The fourth-order valence-electron chi connectivity index (χ4n) is 0.735. The van der Waals surface area contributed by atoms with Crippen LogP contribution in [0.2, 0.25) is 18.1 Å². The molecule has 13 heavy (non-hydrogen) atoms. The van der Waals surface area contributed by atoms with Gasteiger partial charge in [0, 0.05) is 0 Å². The van der Waals surface area contributed by atoms with Crippen molar-refractivity contribution in [3.63, 3.8) is 0 Å². The van der Waals surface area contributed by atoms with Crippen LogP contribution < -0.4 is 0 Å². The monoisotopic (exact) mass is 222 g/mol. The van der Waals surface area contributed by atoms with Gasteiger partial charge in [0.05, 0.1) is 11.5 Å². The van der Waals surface area contributed by atoms with Crippen molar-refractivity contribution in [1.29, 1.82) is 0 Å². The molecule has 0 aliphatic heterocycles. The van der Waals surface area contributed by atoms with Gasteiger partial charge in [0.1, 0.15) is 0 Å². The van der Waals surface area contributed by atoms with Crippen molar-refractivity contribution in [1.82, 2.24) is 0 Å². The van der Waals surface area contributed by atoms with Crippen molar-refractivity contribution >= 4 is 19.9 Å². The van der Waals surface area contributed by atoms with E-state index in [4.69, 9.17) is 16.0 Å². The summed E-state index contributed by atoms with van der Waals surface area (Å²) in [6.07, 6.45) is 0.155. The van der Waals surface area contributed by atoms with Gasteiger partial charge < -0.3 is 4.43 Å². The maximum Gasteiger partial charge on any atom is 0.192 e. The lowest BCUT2D eigenvalue weighted by atomic mass is 10.2. The summed E-state index contributed by atoms with van der Waals surface area (Å²) < 4.78 is 6.07. The minimum absolute atomic E-state index is 0.0918. The Kier molecular flexibility index (Phi) is 4.48. The van der Waals surface area contributed by atoms with Gasteiger partial charge in [-0.1, -0.05) is 20.8 Å². The Morgan fingerprint density at radius 2 is 1.54 bits per heavy atom. The van der Waals surface area contributed by atoms with Crippen molar-refractivity contribution in [3.8, 4) is 0 Å². The van der Waals surface area contributed by atoms with Crippen molar-refractivity contribution in [3.05, 3.63) is 0 Å². The Hall–Kier alpha value is 0.467. The van der Waals surface area contributed by atoms with Crippen molar-refractivity contribution in [2.75, 3.05) is 0 Å². The van der Waals surface area contributed by atoms with Crippen LogP contribution in [-0.2, 0) is 4.43 Å². The molecule has 0 spiro atoms. The van der Waals surface area contributed by atoms with E-state index >= 15 is 0 Å². The molecule has 2 atom stereocenters. The molecule has 2 unspecified atom stereocenters. The zero-order valence-corrected chi connectivity index (χ0v) is 11.7. The highest BCUT2D eigenvalue weighted by atomic mass is 35.5. The Balaban J connectivity index is 4.34. The molecule has 0 aliphatic carbocycles. The summed E-state index contributed by atoms with van der Waals surface area (Å²) in [5.41, 5.74) is 0. The first kappa shape index (κ1) is 13.5. The zero-order valence-electron chi connectivity index (χ0n) is 9.94. The van der Waals surface area contributed by atoms with Crippen LogP contribution in [0, 0.1) is 0 Å². The fraction of sp³-hybridized carbons (Fsp3) is 1.00. The molecule has 0 saturated carbocycles. The summed E-state index contributed by atoms with van der Waals surface area (Å²) in [7, 11) is -1.62. The van der Waals surface area contributed by atoms with Gasteiger partial charge in [0.2, 0.25) is 0 Å². The lowest BCUT2D eigenvalue weighted by molar-refractivity contribution is 0.198. The third-order valence-electron chi connectivity index (χ3n) is 2.93. The SMILES string of the molecule is CC(Cl)C(C)O[Si](C)(C)C(C)(C)C. The molecule has 0 fully saturated rings. The van der Waals surface area contributed by atoms with Crippen LogP contribution >= 0.6 is 11.6 Å². The second kappa shape index (κ2) is 4.33. The molecule has 0 aromatic rings. The predicted molar refractivity (Wildman–Crippen MR) is 63.1 cm³/mol. The van der Waals surface area contributed by atoms with E-state index in [9.17, 15) is 0 Å². The van der Waals surface area contributed by atoms with Crippen LogP contribution in [0.3, 0.4) is 0 Å². The Morgan fingerprint density at radius 1 is 1.15 bits per heavy atom. The first-order chi connectivity index (χ1) is 5.58. The topological polar surface area (TPSA) is 9.23 Å². The van der Waals surface area contributed by atoms with E-state index in [0.717, 1.165) is 0 Å². The number of halogens is 1. The van der Waals surface area contributed by atoms with E-state index in [1.54, 1.807) is 0 Å². The van der Waals surface area contributed by atoms with Crippen LogP contribution in [0.1, 0.15) is 34.6 Å². The molecule has 80 valence electrons. The summed E-state index contributed by atoms with van der Waals surface area (Å²) in [5, 5.41) is 0.363. The molecule has 0 rings (SSSR count). The molecule has 0 heterocycles. The third-order valence-corrected chi connectivity index (χ3v) is 7.86. The number of rotatable bonds is 3. The molecule has 0 aromatic carbocycles. The Labute approximate surface area is 88.9 Å². The first-order valence-corrected chi connectivity index (χ1v) is 8.24. The van der Waals surface area contributed by atoms with E-state index in [2.05, 4.69) is 40.8 Å². The number of hydrogen-bond acceptors (Lipinski definition) is 1. The minimum atomic E-state index is -1.62. The Bertz CT molecular complexity index is 161. The zero-order chi connectivity index (χ0) is 10.9. The van der Waals surface area contributed by atoms with Crippen LogP contribution in [-0.4, -0.2) is 19.8 Å². The van der Waals surface area contributed by atoms with Crippen LogP contribution in [0.25, 0.3) is 0 Å². The van der Waals surface area contributed by atoms with E-state index < -0.39 is 8.32 Å².